The highest BCUT2D eigenvalue weighted by Gasteiger charge is 2.46. The van der Waals surface area contributed by atoms with Gasteiger partial charge >= 0.3 is 0 Å². The van der Waals surface area contributed by atoms with Crippen molar-refractivity contribution in [3.8, 4) is 22.6 Å². The van der Waals surface area contributed by atoms with E-state index in [-0.39, 0.29) is 0 Å². The maximum Gasteiger partial charge on any atom is 0.120 e. The Balaban J connectivity index is 1.35. The van der Waals surface area contributed by atoms with E-state index >= 15 is 0 Å². The van der Waals surface area contributed by atoms with Crippen molar-refractivity contribution in [2.45, 2.75) is 5.41 Å². The van der Waals surface area contributed by atoms with Gasteiger partial charge in [-0.2, -0.15) is 0 Å². The van der Waals surface area contributed by atoms with Crippen LogP contribution in [-0.2, 0) is 13.8 Å². The van der Waals surface area contributed by atoms with Gasteiger partial charge < -0.3 is 17.8 Å². The van der Waals surface area contributed by atoms with Crippen LogP contribution in [0.5, 0.6) is 11.5 Å². The van der Waals surface area contributed by atoms with Crippen LogP contribution in [0.3, 0.4) is 0 Å². The molecule has 6 heteroatoms. The zero-order valence-electron chi connectivity index (χ0n) is 25.3. The van der Waals surface area contributed by atoms with Gasteiger partial charge in [-0.05, 0) is 115 Å². The molecule has 45 heavy (non-hydrogen) atoms. The van der Waals surface area contributed by atoms with Crippen LogP contribution < -0.4 is 9.47 Å². The van der Waals surface area contributed by atoms with Crippen LogP contribution in [0.25, 0.3) is 32.7 Å². The first-order valence-corrected chi connectivity index (χ1v) is 17.4. The molecule has 0 spiro atoms. The van der Waals surface area contributed by atoms with Crippen molar-refractivity contribution in [3.05, 3.63) is 144 Å². The van der Waals surface area contributed by atoms with Gasteiger partial charge in [0.05, 0.1) is 18.6 Å². The normalized spacial score (nSPS) is 13.1. The Kier molecular flexibility index (Phi) is 8.72. The molecule has 1 aliphatic rings. The highest BCUT2D eigenvalue weighted by Crippen LogP contribution is 2.56. The molecule has 0 heterocycles. The van der Waals surface area contributed by atoms with E-state index in [2.05, 4.69) is 121 Å². The summed E-state index contributed by atoms with van der Waals surface area (Å²) in [6, 6.07) is 44.1. The first-order valence-electron chi connectivity index (χ1n) is 15.1. The summed E-state index contributed by atoms with van der Waals surface area (Å²) in [5, 5.41) is 4.64. The van der Waals surface area contributed by atoms with E-state index in [4.69, 9.17) is 17.8 Å². The molecular weight excluding hydrogens is 597 g/mol. The SMILES string of the molecule is CSOCCOc1ccc2cc(C3(c4ccc5cc(OCCOSC)ccc5c4)c4ccccc4-c4ccccc43)ccc2c1. The molecule has 0 aliphatic heterocycles. The zero-order valence-corrected chi connectivity index (χ0v) is 27.0. The van der Waals surface area contributed by atoms with Crippen LogP contribution in [0.2, 0.25) is 0 Å². The molecule has 0 unspecified atom stereocenters. The lowest BCUT2D eigenvalue weighted by molar-refractivity contribution is 0.239. The van der Waals surface area contributed by atoms with E-state index in [1.54, 1.807) is 0 Å². The van der Waals surface area contributed by atoms with Crippen molar-refractivity contribution in [2.75, 3.05) is 38.9 Å². The lowest BCUT2D eigenvalue weighted by Crippen LogP contribution is -2.28. The highest BCUT2D eigenvalue weighted by molar-refractivity contribution is 7.94. The maximum absolute atomic E-state index is 5.96. The van der Waals surface area contributed by atoms with Gasteiger partial charge in [0.1, 0.15) is 24.7 Å². The van der Waals surface area contributed by atoms with Gasteiger partial charge in [-0.1, -0.05) is 84.9 Å². The predicted molar refractivity (Wildman–Crippen MR) is 189 cm³/mol. The monoisotopic (exact) mass is 630 g/mol. The number of rotatable bonds is 12. The van der Waals surface area contributed by atoms with E-state index in [0.29, 0.717) is 26.4 Å². The standard InChI is InChI=1S/C39H34O4S2/c1-44-42-21-19-40-33-17-13-27-23-31(15-11-29(27)25-33)39(37-9-5-3-7-35(37)36-8-4-6-10-38(36)39)32-16-12-30-26-34(18-14-28(30)24-32)41-20-22-43-45-2/h3-18,23-26H,19-22H2,1-2H3. The minimum absolute atomic E-state index is 0.482. The van der Waals surface area contributed by atoms with E-state index in [1.807, 2.05) is 12.5 Å². The molecule has 0 aromatic heterocycles. The fourth-order valence-electron chi connectivity index (χ4n) is 6.67. The quantitative estimate of drug-likeness (QED) is 0.0989. The van der Waals surface area contributed by atoms with Crippen LogP contribution in [0.4, 0.5) is 0 Å². The number of fused-ring (bicyclic) bond motifs is 5. The molecule has 0 amide bonds. The second kappa shape index (κ2) is 13.2. The number of ether oxygens (including phenoxy) is 2. The van der Waals surface area contributed by atoms with Crippen molar-refractivity contribution in [2.24, 2.45) is 0 Å². The average Bonchev–Trinajstić information content (AvgIpc) is 3.39. The predicted octanol–water partition coefficient (Wildman–Crippen LogP) is 9.70. The van der Waals surface area contributed by atoms with Crippen molar-refractivity contribution in [1.82, 2.24) is 0 Å². The van der Waals surface area contributed by atoms with Crippen molar-refractivity contribution >= 4 is 45.6 Å². The Morgan fingerprint density at radius 1 is 0.467 bits per heavy atom. The Labute approximate surface area is 273 Å². The largest absolute Gasteiger partial charge is 0.491 e. The minimum atomic E-state index is -0.482. The summed E-state index contributed by atoms with van der Waals surface area (Å²) in [4.78, 5) is 0. The fourth-order valence-corrected chi connectivity index (χ4v) is 7.14. The number of hydrogen-bond donors (Lipinski definition) is 0. The molecular formula is C39H34O4S2. The molecule has 0 fully saturated rings. The Hall–Kier alpha value is -3.94. The third-order valence-corrected chi connectivity index (χ3v) is 9.35. The Morgan fingerprint density at radius 2 is 0.889 bits per heavy atom. The van der Waals surface area contributed by atoms with Crippen molar-refractivity contribution in [1.29, 1.82) is 0 Å². The van der Waals surface area contributed by atoms with Gasteiger partial charge in [0.25, 0.3) is 0 Å². The smallest absolute Gasteiger partial charge is 0.120 e. The van der Waals surface area contributed by atoms with Crippen LogP contribution in [0, 0.1) is 0 Å². The molecule has 0 N–H and O–H groups in total. The third kappa shape index (κ3) is 5.57. The van der Waals surface area contributed by atoms with Crippen LogP contribution in [0.1, 0.15) is 22.3 Å². The summed E-state index contributed by atoms with van der Waals surface area (Å²) in [5.74, 6) is 1.70. The summed E-state index contributed by atoms with van der Waals surface area (Å²) in [5.41, 5.74) is 7.15. The van der Waals surface area contributed by atoms with Crippen LogP contribution in [0.15, 0.2) is 121 Å². The molecule has 226 valence electrons. The Morgan fingerprint density at radius 3 is 1.36 bits per heavy atom. The average molecular weight is 631 g/mol. The molecule has 1 aliphatic carbocycles. The molecule has 4 nitrogen and oxygen atoms in total. The lowest BCUT2D eigenvalue weighted by atomic mass is 9.67. The molecule has 0 saturated heterocycles. The fraction of sp³-hybridized carbons (Fsp3) is 0.179. The van der Waals surface area contributed by atoms with Crippen LogP contribution >= 0.6 is 24.1 Å². The number of benzene rings is 6. The van der Waals surface area contributed by atoms with Gasteiger partial charge in [-0.3, -0.25) is 0 Å². The van der Waals surface area contributed by atoms with Crippen molar-refractivity contribution < 1.29 is 17.8 Å². The second-order valence-electron chi connectivity index (χ2n) is 11.0. The molecule has 6 aromatic carbocycles. The Bertz CT molecular complexity index is 1830. The second-order valence-corrected chi connectivity index (χ2v) is 12.1. The van der Waals surface area contributed by atoms with Gasteiger partial charge in [0.2, 0.25) is 0 Å². The van der Waals surface area contributed by atoms with Gasteiger partial charge in [-0.15, -0.1) is 0 Å². The van der Waals surface area contributed by atoms with E-state index in [0.717, 1.165) is 22.3 Å². The van der Waals surface area contributed by atoms with Crippen molar-refractivity contribution in [3.63, 3.8) is 0 Å². The topological polar surface area (TPSA) is 36.9 Å². The molecule has 0 radical (unpaired) electrons. The summed E-state index contributed by atoms with van der Waals surface area (Å²) in [6.45, 7) is 2.13. The first-order chi connectivity index (χ1) is 22.2. The highest BCUT2D eigenvalue weighted by atomic mass is 32.2. The van der Waals surface area contributed by atoms with Gasteiger partial charge in [-0.25, -0.2) is 0 Å². The molecule has 6 aromatic rings. The summed E-state index contributed by atoms with van der Waals surface area (Å²) >= 11 is 2.71. The summed E-state index contributed by atoms with van der Waals surface area (Å²) < 4.78 is 22.6. The zero-order chi connectivity index (χ0) is 30.6. The number of hydrogen-bond acceptors (Lipinski definition) is 6. The third-order valence-electron chi connectivity index (χ3n) is 8.55. The molecule has 0 saturated carbocycles. The molecule has 7 rings (SSSR count). The van der Waals surface area contributed by atoms with E-state index in [9.17, 15) is 0 Å². The summed E-state index contributed by atoms with van der Waals surface area (Å²) in [6.07, 6.45) is 3.83. The molecule has 0 bridgehead atoms. The summed E-state index contributed by atoms with van der Waals surface area (Å²) in [7, 11) is 0. The van der Waals surface area contributed by atoms with E-state index < -0.39 is 5.41 Å². The van der Waals surface area contributed by atoms with Crippen LogP contribution in [-0.4, -0.2) is 38.9 Å². The van der Waals surface area contributed by atoms with E-state index in [1.165, 1.54) is 68.2 Å². The first kappa shape index (κ1) is 29.8. The van der Waals surface area contributed by atoms with Gasteiger partial charge in [0.15, 0.2) is 0 Å². The minimum Gasteiger partial charge on any atom is -0.491 e. The van der Waals surface area contributed by atoms with Gasteiger partial charge in [0, 0.05) is 12.5 Å². The molecule has 0 atom stereocenters. The maximum atomic E-state index is 5.96. The lowest BCUT2D eigenvalue weighted by Gasteiger charge is -2.34.